The van der Waals surface area contributed by atoms with Crippen molar-refractivity contribution in [3.05, 3.63) is 0 Å². The monoisotopic (exact) mass is 284 g/mol. The fourth-order valence-corrected chi connectivity index (χ4v) is 4.00. The van der Waals surface area contributed by atoms with Gasteiger partial charge in [-0.25, -0.2) is 0 Å². The summed E-state index contributed by atoms with van der Waals surface area (Å²) in [5, 5.41) is 0. The summed E-state index contributed by atoms with van der Waals surface area (Å²) in [5.41, 5.74) is -2.00. The number of ether oxygens (including phenoxy) is 3. The van der Waals surface area contributed by atoms with E-state index in [0.29, 0.717) is 12.8 Å². The van der Waals surface area contributed by atoms with Gasteiger partial charge in [0.15, 0.2) is 5.41 Å². The molecule has 20 heavy (non-hydrogen) atoms. The molecule has 0 amide bonds. The zero-order valence-corrected chi connectivity index (χ0v) is 12.6. The highest BCUT2D eigenvalue weighted by atomic mass is 16.6. The summed E-state index contributed by atoms with van der Waals surface area (Å²) in [6, 6.07) is 0. The third-order valence-corrected chi connectivity index (χ3v) is 4.90. The van der Waals surface area contributed by atoms with Crippen molar-refractivity contribution in [1.82, 2.24) is 0 Å². The predicted octanol–water partition coefficient (Wildman–Crippen LogP) is 2.08. The van der Waals surface area contributed by atoms with E-state index in [-0.39, 0.29) is 19.1 Å². The number of rotatable bonds is 5. The quantitative estimate of drug-likeness (QED) is 0.571. The predicted molar refractivity (Wildman–Crippen MR) is 72.0 cm³/mol. The van der Waals surface area contributed by atoms with Crippen LogP contribution in [0.2, 0.25) is 0 Å². The standard InChI is InChI=1S/C15H24O5/c1-4-19-12(16)14(13(17)20-5-2)10-11-8-6-7-9-15(11,14)18-3/h11H,4-10H2,1-3H3/t11-,15+/m0/s1. The van der Waals surface area contributed by atoms with Crippen LogP contribution in [0.15, 0.2) is 0 Å². The van der Waals surface area contributed by atoms with E-state index in [1.165, 1.54) is 0 Å². The third-order valence-electron chi connectivity index (χ3n) is 4.90. The molecule has 0 spiro atoms. The van der Waals surface area contributed by atoms with Crippen LogP contribution in [0, 0.1) is 11.3 Å². The van der Waals surface area contributed by atoms with Crippen LogP contribution in [0.3, 0.4) is 0 Å². The zero-order valence-electron chi connectivity index (χ0n) is 12.6. The van der Waals surface area contributed by atoms with Gasteiger partial charge in [0.2, 0.25) is 0 Å². The summed E-state index contributed by atoms with van der Waals surface area (Å²) >= 11 is 0. The Balaban J connectivity index is 2.37. The molecule has 0 radical (unpaired) electrons. The maximum Gasteiger partial charge on any atom is 0.326 e. The molecule has 0 aliphatic heterocycles. The molecule has 5 nitrogen and oxygen atoms in total. The van der Waals surface area contributed by atoms with E-state index in [1.54, 1.807) is 21.0 Å². The summed E-state index contributed by atoms with van der Waals surface area (Å²) in [7, 11) is 1.59. The van der Waals surface area contributed by atoms with E-state index >= 15 is 0 Å². The minimum atomic E-state index is -1.27. The molecule has 0 unspecified atom stereocenters. The van der Waals surface area contributed by atoms with Gasteiger partial charge in [0, 0.05) is 7.11 Å². The Hall–Kier alpha value is -1.10. The van der Waals surface area contributed by atoms with Crippen LogP contribution in [-0.2, 0) is 23.8 Å². The summed E-state index contributed by atoms with van der Waals surface area (Å²) in [6.07, 6.45) is 4.28. The van der Waals surface area contributed by atoms with Crippen molar-refractivity contribution in [2.75, 3.05) is 20.3 Å². The zero-order chi connectivity index (χ0) is 14.8. The molecule has 2 aliphatic carbocycles. The Morgan fingerprint density at radius 2 is 1.70 bits per heavy atom. The topological polar surface area (TPSA) is 61.8 Å². The first-order chi connectivity index (χ1) is 9.59. The number of hydrogen-bond acceptors (Lipinski definition) is 5. The molecule has 2 atom stereocenters. The molecule has 2 aliphatic rings. The van der Waals surface area contributed by atoms with Crippen molar-refractivity contribution in [3.8, 4) is 0 Å². The number of hydrogen-bond donors (Lipinski definition) is 0. The number of methoxy groups -OCH3 is 1. The maximum atomic E-state index is 12.5. The molecule has 0 bridgehead atoms. The van der Waals surface area contributed by atoms with Gasteiger partial charge in [0.25, 0.3) is 0 Å². The van der Waals surface area contributed by atoms with Crippen molar-refractivity contribution < 1.29 is 23.8 Å². The Kier molecular flexibility index (Phi) is 4.37. The second-order valence-corrected chi connectivity index (χ2v) is 5.59. The largest absolute Gasteiger partial charge is 0.465 e. The average molecular weight is 284 g/mol. The van der Waals surface area contributed by atoms with Crippen molar-refractivity contribution >= 4 is 11.9 Å². The van der Waals surface area contributed by atoms with Crippen LogP contribution in [-0.4, -0.2) is 37.9 Å². The Morgan fingerprint density at radius 1 is 1.10 bits per heavy atom. The Morgan fingerprint density at radius 3 is 2.15 bits per heavy atom. The van der Waals surface area contributed by atoms with Crippen molar-refractivity contribution in [3.63, 3.8) is 0 Å². The minimum Gasteiger partial charge on any atom is -0.465 e. The lowest BCUT2D eigenvalue weighted by Gasteiger charge is -2.61. The lowest BCUT2D eigenvalue weighted by atomic mass is 9.46. The van der Waals surface area contributed by atoms with Crippen molar-refractivity contribution in [2.24, 2.45) is 11.3 Å². The van der Waals surface area contributed by atoms with E-state index in [4.69, 9.17) is 14.2 Å². The summed E-state index contributed by atoms with van der Waals surface area (Å²) in [4.78, 5) is 25.0. The lowest BCUT2D eigenvalue weighted by Crippen LogP contribution is -2.73. The average Bonchev–Trinajstić information content (AvgIpc) is 2.41. The molecule has 2 saturated carbocycles. The molecule has 5 heteroatoms. The molecule has 0 N–H and O–H groups in total. The van der Waals surface area contributed by atoms with Gasteiger partial charge in [-0.1, -0.05) is 12.8 Å². The van der Waals surface area contributed by atoms with Gasteiger partial charge in [-0.2, -0.15) is 0 Å². The molecular weight excluding hydrogens is 260 g/mol. The van der Waals surface area contributed by atoms with Crippen LogP contribution in [0.5, 0.6) is 0 Å². The fraction of sp³-hybridized carbons (Fsp3) is 0.867. The van der Waals surface area contributed by atoms with E-state index in [0.717, 1.165) is 19.3 Å². The summed E-state index contributed by atoms with van der Waals surface area (Å²) < 4.78 is 16.1. The van der Waals surface area contributed by atoms with Crippen LogP contribution >= 0.6 is 0 Å². The number of esters is 2. The van der Waals surface area contributed by atoms with Crippen molar-refractivity contribution in [1.29, 1.82) is 0 Å². The van der Waals surface area contributed by atoms with Crippen LogP contribution in [0.25, 0.3) is 0 Å². The van der Waals surface area contributed by atoms with Gasteiger partial charge >= 0.3 is 11.9 Å². The maximum absolute atomic E-state index is 12.5. The SMILES string of the molecule is CCOC(=O)C1(C(=O)OCC)C[C@@H]2CCCC[C@@]21OC. The first-order valence-electron chi connectivity index (χ1n) is 7.48. The Labute approximate surface area is 120 Å². The second kappa shape index (κ2) is 5.72. The third kappa shape index (κ3) is 1.86. The Bertz CT molecular complexity index is 374. The van der Waals surface area contributed by atoms with Gasteiger partial charge in [0.05, 0.1) is 18.8 Å². The molecule has 114 valence electrons. The van der Waals surface area contributed by atoms with E-state index in [9.17, 15) is 9.59 Å². The highest BCUT2D eigenvalue weighted by Crippen LogP contribution is 2.63. The highest BCUT2D eigenvalue weighted by molar-refractivity contribution is 6.03. The molecule has 0 aromatic heterocycles. The lowest BCUT2D eigenvalue weighted by molar-refractivity contribution is -0.258. The van der Waals surface area contributed by atoms with Gasteiger partial charge in [-0.05, 0) is 39.0 Å². The molecule has 0 saturated heterocycles. The molecular formula is C15H24O5. The van der Waals surface area contributed by atoms with Crippen molar-refractivity contribution in [2.45, 2.75) is 51.6 Å². The van der Waals surface area contributed by atoms with Gasteiger partial charge in [0.1, 0.15) is 0 Å². The van der Waals surface area contributed by atoms with Gasteiger partial charge in [-0.15, -0.1) is 0 Å². The number of carbonyl (C=O) groups is 2. The second-order valence-electron chi connectivity index (χ2n) is 5.59. The van der Waals surface area contributed by atoms with E-state index in [2.05, 4.69) is 0 Å². The van der Waals surface area contributed by atoms with Crippen LogP contribution in [0.1, 0.15) is 46.0 Å². The fourth-order valence-electron chi connectivity index (χ4n) is 4.00. The smallest absolute Gasteiger partial charge is 0.326 e. The number of carbonyl (C=O) groups excluding carboxylic acids is 2. The highest BCUT2D eigenvalue weighted by Gasteiger charge is 2.75. The van der Waals surface area contributed by atoms with E-state index < -0.39 is 23.0 Å². The molecule has 0 aromatic carbocycles. The summed E-state index contributed by atoms with van der Waals surface area (Å²) in [5.74, 6) is -0.730. The first kappa shape index (κ1) is 15.3. The van der Waals surface area contributed by atoms with Gasteiger partial charge < -0.3 is 14.2 Å². The van der Waals surface area contributed by atoms with Crippen LogP contribution < -0.4 is 0 Å². The van der Waals surface area contributed by atoms with Crippen LogP contribution in [0.4, 0.5) is 0 Å². The van der Waals surface area contributed by atoms with Gasteiger partial charge in [-0.3, -0.25) is 9.59 Å². The summed E-state index contributed by atoms with van der Waals surface area (Å²) in [6.45, 7) is 4.00. The normalized spacial score (nSPS) is 30.9. The molecule has 2 rings (SSSR count). The molecule has 0 heterocycles. The first-order valence-corrected chi connectivity index (χ1v) is 7.48. The van der Waals surface area contributed by atoms with E-state index in [1.807, 2.05) is 0 Å². The molecule has 0 aromatic rings. The minimum absolute atomic E-state index is 0.245. The molecule has 2 fully saturated rings. The number of fused-ring (bicyclic) bond motifs is 1.